The molecule has 7 nitrogen and oxygen atoms in total. The average Bonchev–Trinajstić information content (AvgIpc) is 2.25. The Hall–Kier alpha value is -2.44. The van der Waals surface area contributed by atoms with Crippen molar-refractivity contribution in [2.75, 3.05) is 0 Å². The molecule has 0 bridgehead atoms. The molecule has 0 aromatic carbocycles. The van der Waals surface area contributed by atoms with Crippen molar-refractivity contribution in [3.8, 4) is 0 Å². The van der Waals surface area contributed by atoms with Crippen LogP contribution in [-0.2, 0) is 4.79 Å². The zero-order valence-electron chi connectivity index (χ0n) is 11.1. The first-order valence-corrected chi connectivity index (χ1v) is 5.99. The molecule has 20 heavy (non-hydrogen) atoms. The number of Topliss-reactive ketones (excluding diaryl/α,β-unsaturated/α-hetero) is 1. The van der Waals surface area contributed by atoms with Crippen molar-refractivity contribution in [1.82, 2.24) is 9.97 Å². The zero-order valence-corrected chi connectivity index (χ0v) is 11.1. The number of carbonyl (C=O) groups excluding carboxylic acids is 1. The predicted molar refractivity (Wildman–Crippen MR) is 69.4 cm³/mol. The molecule has 0 amide bonds. The number of hydrogen-bond acceptors (Lipinski definition) is 5. The van der Waals surface area contributed by atoms with E-state index in [2.05, 4.69) is 9.97 Å². The van der Waals surface area contributed by atoms with Gasteiger partial charge >= 0.3 is 5.97 Å². The van der Waals surface area contributed by atoms with Gasteiger partial charge in [0.15, 0.2) is 5.78 Å². The highest BCUT2D eigenvalue weighted by Gasteiger charge is 2.34. The van der Waals surface area contributed by atoms with Crippen LogP contribution in [0.4, 0.5) is 0 Å². The fourth-order valence-electron chi connectivity index (χ4n) is 2.23. The van der Waals surface area contributed by atoms with Gasteiger partial charge in [-0.2, -0.15) is 0 Å². The number of rotatable bonds is 2. The van der Waals surface area contributed by atoms with Crippen molar-refractivity contribution in [3.05, 3.63) is 33.7 Å². The highest BCUT2D eigenvalue weighted by molar-refractivity contribution is 6.21. The number of aliphatic hydroxyl groups is 1. The summed E-state index contributed by atoms with van der Waals surface area (Å²) < 4.78 is 0. The van der Waals surface area contributed by atoms with Crippen molar-refractivity contribution in [1.29, 1.82) is 0 Å². The Kier molecular flexibility index (Phi) is 3.21. The highest BCUT2D eigenvalue weighted by Crippen LogP contribution is 2.38. The van der Waals surface area contributed by atoms with E-state index in [1.807, 2.05) is 13.8 Å². The number of carboxylic acids is 1. The average molecular weight is 278 g/mol. The van der Waals surface area contributed by atoms with Crippen LogP contribution >= 0.6 is 0 Å². The maximum absolute atomic E-state index is 12.1. The van der Waals surface area contributed by atoms with Crippen LogP contribution in [0.15, 0.2) is 16.8 Å². The van der Waals surface area contributed by atoms with Crippen LogP contribution in [0.3, 0.4) is 0 Å². The number of nitrogens with zero attached hydrogens (tertiary/aromatic N) is 1. The van der Waals surface area contributed by atoms with Gasteiger partial charge in [0.1, 0.15) is 17.1 Å². The Labute approximate surface area is 114 Å². The normalized spacial score (nSPS) is 18.2. The predicted octanol–water partition coefficient (Wildman–Crippen LogP) is 1.13. The summed E-state index contributed by atoms with van der Waals surface area (Å²) in [5.41, 5.74) is -1.78. The number of H-pyrrole nitrogens is 1. The number of aromatic carboxylic acids is 1. The molecule has 106 valence electrons. The van der Waals surface area contributed by atoms with Gasteiger partial charge in [-0.3, -0.25) is 9.59 Å². The number of allylic oxidation sites excluding steroid dienone is 2. The molecule has 1 aliphatic carbocycles. The number of carbonyl (C=O) groups is 2. The standard InChI is InChI=1S/C13H14N2O5/c1-13(2)3-7(16)9(8(17)4-13)10-14-5-6(12(19)20)11(18)15-10/h5,16H,3-4H2,1-2H3,(H,19,20)(H,14,15,18). The second-order valence-electron chi connectivity index (χ2n) is 5.54. The second kappa shape index (κ2) is 4.59. The van der Waals surface area contributed by atoms with Crippen LogP contribution in [0.5, 0.6) is 0 Å². The van der Waals surface area contributed by atoms with Crippen LogP contribution in [0, 0.1) is 5.41 Å². The van der Waals surface area contributed by atoms with Crippen molar-refractivity contribution in [2.45, 2.75) is 26.7 Å². The number of hydrogen-bond donors (Lipinski definition) is 3. The molecule has 1 aromatic rings. The maximum atomic E-state index is 12.1. The Morgan fingerprint density at radius 2 is 2.00 bits per heavy atom. The summed E-state index contributed by atoms with van der Waals surface area (Å²) in [6, 6.07) is 0. The number of carboxylic acid groups (broad SMARTS) is 1. The van der Waals surface area contributed by atoms with Crippen molar-refractivity contribution in [2.24, 2.45) is 5.41 Å². The van der Waals surface area contributed by atoms with Gasteiger partial charge in [-0.25, -0.2) is 9.78 Å². The third-order valence-corrected chi connectivity index (χ3v) is 3.12. The lowest BCUT2D eigenvalue weighted by Crippen LogP contribution is -2.27. The molecule has 0 unspecified atom stereocenters. The Morgan fingerprint density at radius 1 is 1.35 bits per heavy atom. The highest BCUT2D eigenvalue weighted by atomic mass is 16.4. The Morgan fingerprint density at radius 3 is 2.50 bits per heavy atom. The van der Waals surface area contributed by atoms with Gasteiger partial charge in [-0.05, 0) is 5.41 Å². The van der Waals surface area contributed by atoms with E-state index in [4.69, 9.17) is 5.11 Å². The van der Waals surface area contributed by atoms with Crippen LogP contribution in [0.2, 0.25) is 0 Å². The topological polar surface area (TPSA) is 120 Å². The number of aliphatic hydroxyl groups excluding tert-OH is 1. The second-order valence-corrected chi connectivity index (χ2v) is 5.54. The molecule has 0 atom stereocenters. The fraction of sp³-hybridized carbons (Fsp3) is 0.385. The molecule has 7 heteroatoms. The Balaban J connectivity index is 2.52. The monoisotopic (exact) mass is 278 g/mol. The number of ketones is 1. The van der Waals surface area contributed by atoms with E-state index >= 15 is 0 Å². The molecule has 0 saturated carbocycles. The minimum absolute atomic E-state index is 0.0432. The SMILES string of the molecule is CC1(C)CC(=O)C(c2ncc(C(=O)O)c(=O)[nH]2)=C(O)C1. The molecular weight excluding hydrogens is 264 g/mol. The van der Waals surface area contributed by atoms with E-state index < -0.39 is 17.1 Å². The van der Waals surface area contributed by atoms with Crippen LogP contribution in [0.25, 0.3) is 5.57 Å². The van der Waals surface area contributed by atoms with E-state index in [1.165, 1.54) is 0 Å². The van der Waals surface area contributed by atoms with Gasteiger partial charge in [-0.1, -0.05) is 13.8 Å². The zero-order chi connectivity index (χ0) is 15.1. The quantitative estimate of drug-likeness (QED) is 0.745. The lowest BCUT2D eigenvalue weighted by molar-refractivity contribution is -0.116. The smallest absolute Gasteiger partial charge is 0.342 e. The van der Waals surface area contributed by atoms with E-state index in [-0.39, 0.29) is 34.8 Å². The number of aromatic amines is 1. The first-order valence-electron chi connectivity index (χ1n) is 5.99. The summed E-state index contributed by atoms with van der Waals surface area (Å²) in [5.74, 6) is -1.97. The third kappa shape index (κ3) is 2.47. The largest absolute Gasteiger partial charge is 0.511 e. The molecule has 1 aliphatic rings. The minimum Gasteiger partial charge on any atom is -0.511 e. The maximum Gasteiger partial charge on any atom is 0.342 e. The lowest BCUT2D eigenvalue weighted by atomic mass is 9.76. The molecule has 0 spiro atoms. The molecular formula is C13H14N2O5. The molecule has 3 N–H and O–H groups in total. The van der Waals surface area contributed by atoms with E-state index in [0.717, 1.165) is 6.20 Å². The summed E-state index contributed by atoms with van der Waals surface area (Å²) >= 11 is 0. The summed E-state index contributed by atoms with van der Waals surface area (Å²) in [6.07, 6.45) is 1.39. The van der Waals surface area contributed by atoms with Gasteiger partial charge in [0, 0.05) is 19.0 Å². The molecule has 0 aliphatic heterocycles. The van der Waals surface area contributed by atoms with Gasteiger partial charge in [-0.15, -0.1) is 0 Å². The van der Waals surface area contributed by atoms with Crippen LogP contribution < -0.4 is 5.56 Å². The fourth-order valence-corrected chi connectivity index (χ4v) is 2.23. The molecule has 0 fully saturated rings. The molecule has 1 aromatic heterocycles. The molecule has 0 radical (unpaired) electrons. The first kappa shape index (κ1) is 14.0. The Bertz CT molecular complexity index is 684. The van der Waals surface area contributed by atoms with Crippen molar-refractivity contribution in [3.63, 3.8) is 0 Å². The van der Waals surface area contributed by atoms with Crippen molar-refractivity contribution >= 4 is 17.3 Å². The molecule has 2 rings (SSSR count). The number of nitrogens with one attached hydrogen (secondary N) is 1. The molecule has 0 saturated heterocycles. The minimum atomic E-state index is -1.40. The van der Waals surface area contributed by atoms with Gasteiger partial charge in [0.25, 0.3) is 5.56 Å². The van der Waals surface area contributed by atoms with Gasteiger partial charge in [0.05, 0.1) is 5.57 Å². The lowest BCUT2D eigenvalue weighted by Gasteiger charge is -2.29. The number of aromatic nitrogens is 2. The van der Waals surface area contributed by atoms with Crippen LogP contribution in [-0.4, -0.2) is 31.9 Å². The summed E-state index contributed by atoms with van der Waals surface area (Å²) in [5, 5.41) is 18.7. The third-order valence-electron chi connectivity index (χ3n) is 3.12. The van der Waals surface area contributed by atoms with Crippen molar-refractivity contribution < 1.29 is 19.8 Å². The van der Waals surface area contributed by atoms with E-state index in [1.54, 1.807) is 0 Å². The first-order chi connectivity index (χ1) is 9.21. The summed E-state index contributed by atoms with van der Waals surface area (Å²) in [6.45, 7) is 3.70. The summed E-state index contributed by atoms with van der Waals surface area (Å²) in [7, 11) is 0. The van der Waals surface area contributed by atoms with Gasteiger partial charge in [0.2, 0.25) is 0 Å². The summed E-state index contributed by atoms with van der Waals surface area (Å²) in [4.78, 5) is 40.3. The van der Waals surface area contributed by atoms with E-state index in [9.17, 15) is 19.5 Å². The van der Waals surface area contributed by atoms with Gasteiger partial charge < -0.3 is 15.2 Å². The van der Waals surface area contributed by atoms with E-state index in [0.29, 0.717) is 6.42 Å². The molecule has 1 heterocycles. The van der Waals surface area contributed by atoms with Crippen LogP contribution in [0.1, 0.15) is 42.9 Å².